The van der Waals surface area contributed by atoms with Crippen molar-refractivity contribution in [1.29, 1.82) is 0 Å². The zero-order valence-electron chi connectivity index (χ0n) is 7.55. The fourth-order valence-corrected chi connectivity index (χ4v) is 1.54. The lowest BCUT2D eigenvalue weighted by Gasteiger charge is -2.15. The Morgan fingerprint density at radius 1 is 1.40 bits per heavy atom. The van der Waals surface area contributed by atoms with Crippen LogP contribution in [0.1, 0.15) is 18.0 Å². The minimum Gasteiger partial charge on any atom is -0.508 e. The topological polar surface area (TPSA) is 46.2 Å². The van der Waals surface area contributed by atoms with Crippen LogP contribution in [-0.2, 0) is 0 Å². The summed E-state index contributed by atoms with van der Waals surface area (Å²) in [7, 11) is 0. The molecule has 1 aromatic rings. The molecule has 15 heavy (non-hydrogen) atoms. The van der Waals surface area contributed by atoms with E-state index in [0.29, 0.717) is 4.47 Å². The van der Waals surface area contributed by atoms with Gasteiger partial charge in [0.1, 0.15) is 5.75 Å². The average molecular weight is 284 g/mol. The lowest BCUT2D eigenvalue weighted by atomic mass is 10.0. The largest absolute Gasteiger partial charge is 0.508 e. The van der Waals surface area contributed by atoms with Crippen molar-refractivity contribution in [2.75, 3.05) is 0 Å². The van der Waals surface area contributed by atoms with E-state index in [-0.39, 0.29) is 11.3 Å². The number of rotatable bonds is 2. The molecule has 0 spiro atoms. The number of hydrogen-bond donors (Lipinski definition) is 2. The van der Waals surface area contributed by atoms with Crippen molar-refractivity contribution in [2.24, 2.45) is 5.73 Å². The molecule has 0 radical (unpaired) electrons. The molecule has 1 aromatic carbocycles. The molecule has 0 saturated carbocycles. The summed E-state index contributed by atoms with van der Waals surface area (Å²) in [5.74, 6) is -0.235. The van der Waals surface area contributed by atoms with Gasteiger partial charge in [-0.1, -0.05) is 22.0 Å². The molecule has 0 amide bonds. The van der Waals surface area contributed by atoms with Gasteiger partial charge >= 0.3 is 6.18 Å². The molecule has 0 aliphatic rings. The van der Waals surface area contributed by atoms with Gasteiger partial charge in [0.15, 0.2) is 0 Å². The second kappa shape index (κ2) is 4.40. The zero-order valence-corrected chi connectivity index (χ0v) is 9.14. The van der Waals surface area contributed by atoms with Gasteiger partial charge in [-0.05, 0) is 12.1 Å². The maximum Gasteiger partial charge on any atom is 0.390 e. The van der Waals surface area contributed by atoms with Crippen LogP contribution in [0, 0.1) is 0 Å². The summed E-state index contributed by atoms with van der Waals surface area (Å²) in [4.78, 5) is 0. The van der Waals surface area contributed by atoms with Crippen LogP contribution in [0.2, 0.25) is 0 Å². The van der Waals surface area contributed by atoms with Gasteiger partial charge in [0.05, 0.1) is 6.42 Å². The highest BCUT2D eigenvalue weighted by atomic mass is 79.9. The van der Waals surface area contributed by atoms with Crippen LogP contribution in [-0.4, -0.2) is 11.3 Å². The van der Waals surface area contributed by atoms with E-state index in [4.69, 9.17) is 5.73 Å². The molecule has 3 N–H and O–H groups in total. The van der Waals surface area contributed by atoms with Gasteiger partial charge in [-0.2, -0.15) is 13.2 Å². The first kappa shape index (κ1) is 12.3. The average Bonchev–Trinajstić information content (AvgIpc) is 1.99. The van der Waals surface area contributed by atoms with E-state index in [1.165, 1.54) is 18.2 Å². The van der Waals surface area contributed by atoms with Gasteiger partial charge < -0.3 is 10.8 Å². The van der Waals surface area contributed by atoms with Crippen molar-refractivity contribution >= 4 is 15.9 Å². The van der Waals surface area contributed by atoms with Crippen LogP contribution in [0.25, 0.3) is 0 Å². The van der Waals surface area contributed by atoms with E-state index in [1.807, 2.05) is 0 Å². The highest BCUT2D eigenvalue weighted by Crippen LogP contribution is 2.33. The van der Waals surface area contributed by atoms with Gasteiger partial charge in [0.2, 0.25) is 0 Å². The van der Waals surface area contributed by atoms with E-state index in [0.717, 1.165) is 0 Å². The Hall–Kier alpha value is -0.750. The number of hydrogen-bond acceptors (Lipinski definition) is 2. The second-order valence-corrected chi connectivity index (χ2v) is 4.04. The molecule has 0 unspecified atom stereocenters. The molecule has 0 fully saturated rings. The number of alkyl halides is 3. The van der Waals surface area contributed by atoms with E-state index in [1.54, 1.807) is 0 Å². The summed E-state index contributed by atoms with van der Waals surface area (Å²) < 4.78 is 36.7. The summed E-state index contributed by atoms with van der Waals surface area (Å²) in [6.07, 6.45) is -5.48. The Bertz CT molecular complexity index is 354. The lowest BCUT2D eigenvalue weighted by Crippen LogP contribution is -2.20. The van der Waals surface area contributed by atoms with Crippen molar-refractivity contribution in [3.8, 4) is 5.75 Å². The summed E-state index contributed by atoms with van der Waals surface area (Å²) in [5, 5.41) is 9.38. The molecular weight excluding hydrogens is 275 g/mol. The second-order valence-electron chi connectivity index (χ2n) is 3.13. The maximum absolute atomic E-state index is 12.0. The first-order valence-electron chi connectivity index (χ1n) is 4.10. The van der Waals surface area contributed by atoms with Gasteiger partial charge in [-0.15, -0.1) is 0 Å². The summed E-state index contributed by atoms with van der Waals surface area (Å²) >= 11 is 3.08. The van der Waals surface area contributed by atoms with Crippen molar-refractivity contribution in [3.63, 3.8) is 0 Å². The number of phenolic OH excluding ortho intramolecular Hbond substituents is 1. The molecule has 0 aliphatic carbocycles. The molecule has 0 bridgehead atoms. The molecule has 2 nitrogen and oxygen atoms in total. The van der Waals surface area contributed by atoms with Gasteiger partial charge in [0.25, 0.3) is 0 Å². The lowest BCUT2D eigenvalue weighted by molar-refractivity contribution is -0.138. The van der Waals surface area contributed by atoms with Crippen LogP contribution >= 0.6 is 15.9 Å². The van der Waals surface area contributed by atoms with E-state index < -0.39 is 18.6 Å². The van der Waals surface area contributed by atoms with Gasteiger partial charge in [0, 0.05) is 16.1 Å². The molecule has 0 saturated heterocycles. The van der Waals surface area contributed by atoms with Crippen molar-refractivity contribution in [1.82, 2.24) is 0 Å². The first-order valence-corrected chi connectivity index (χ1v) is 4.89. The predicted molar refractivity (Wildman–Crippen MR) is 53.4 cm³/mol. The van der Waals surface area contributed by atoms with Gasteiger partial charge in [-0.25, -0.2) is 0 Å². The summed E-state index contributed by atoms with van der Waals surface area (Å²) in [6.45, 7) is 0. The Kier molecular flexibility index (Phi) is 3.62. The molecule has 84 valence electrons. The number of benzene rings is 1. The molecule has 6 heteroatoms. The van der Waals surface area contributed by atoms with Crippen LogP contribution in [0.15, 0.2) is 22.7 Å². The van der Waals surface area contributed by atoms with Crippen molar-refractivity contribution in [2.45, 2.75) is 18.6 Å². The molecule has 0 heterocycles. The van der Waals surface area contributed by atoms with Crippen LogP contribution in [0.5, 0.6) is 5.75 Å². The Balaban J connectivity index is 2.87. The fourth-order valence-electron chi connectivity index (χ4n) is 1.19. The minimum atomic E-state index is -4.33. The molecule has 1 rings (SSSR count). The minimum absolute atomic E-state index is 0.0931. The monoisotopic (exact) mass is 283 g/mol. The number of phenols is 1. The normalized spacial score (nSPS) is 13.9. The zero-order chi connectivity index (χ0) is 11.6. The Morgan fingerprint density at radius 3 is 2.47 bits per heavy atom. The summed E-state index contributed by atoms with van der Waals surface area (Å²) in [6, 6.07) is 2.98. The van der Waals surface area contributed by atoms with Gasteiger partial charge in [-0.3, -0.25) is 0 Å². The molecule has 1 atom stereocenters. The SMILES string of the molecule is N[C@@H](CC(F)(F)F)c1ccc(Br)cc1O. The van der Waals surface area contributed by atoms with Crippen molar-refractivity contribution < 1.29 is 18.3 Å². The van der Waals surface area contributed by atoms with E-state index >= 15 is 0 Å². The standard InChI is InChI=1S/C9H9BrF3NO/c10-5-1-2-6(8(15)3-5)7(14)4-9(11,12)13/h1-3,7,15H,4,14H2/t7-/m0/s1. The number of aromatic hydroxyl groups is 1. The number of nitrogens with two attached hydrogens (primary N) is 1. The maximum atomic E-state index is 12.0. The third-order valence-corrected chi connectivity index (χ3v) is 2.34. The van der Waals surface area contributed by atoms with Crippen LogP contribution < -0.4 is 5.73 Å². The smallest absolute Gasteiger partial charge is 0.390 e. The predicted octanol–water partition coefficient (Wildman–Crippen LogP) is 3.11. The third-order valence-electron chi connectivity index (χ3n) is 1.84. The quantitative estimate of drug-likeness (QED) is 0.876. The van der Waals surface area contributed by atoms with E-state index in [9.17, 15) is 18.3 Å². The first-order chi connectivity index (χ1) is 6.79. The molecular formula is C9H9BrF3NO. The Morgan fingerprint density at radius 2 is 2.00 bits per heavy atom. The fraction of sp³-hybridized carbons (Fsp3) is 0.333. The molecule has 0 aliphatic heterocycles. The Labute approximate surface area is 93.0 Å². The van der Waals surface area contributed by atoms with E-state index in [2.05, 4.69) is 15.9 Å². The van der Waals surface area contributed by atoms with Crippen molar-refractivity contribution in [3.05, 3.63) is 28.2 Å². The summed E-state index contributed by atoms with van der Waals surface area (Å²) in [5.41, 5.74) is 5.43. The van der Waals surface area contributed by atoms with Crippen LogP contribution in [0.4, 0.5) is 13.2 Å². The highest BCUT2D eigenvalue weighted by Gasteiger charge is 2.31. The highest BCUT2D eigenvalue weighted by molar-refractivity contribution is 9.10. The molecule has 0 aromatic heterocycles. The third kappa shape index (κ3) is 3.71. The van der Waals surface area contributed by atoms with Crippen LogP contribution in [0.3, 0.4) is 0 Å². The number of halogens is 4.